The second-order valence-corrected chi connectivity index (χ2v) is 8.65. The van der Waals surface area contributed by atoms with Crippen molar-refractivity contribution < 1.29 is 4.79 Å². The van der Waals surface area contributed by atoms with Gasteiger partial charge in [0, 0.05) is 88.8 Å². The molecule has 4 rings (SSSR count). The summed E-state index contributed by atoms with van der Waals surface area (Å²) in [6.45, 7) is 10.1. The Morgan fingerprint density at radius 1 is 0.968 bits per heavy atom. The zero-order chi connectivity index (χ0) is 21.6. The molecule has 1 atom stereocenters. The summed E-state index contributed by atoms with van der Waals surface area (Å²) in [7, 11) is 0. The number of anilines is 1. The summed E-state index contributed by atoms with van der Waals surface area (Å²) in [6, 6.07) is 10.2. The Morgan fingerprint density at radius 2 is 1.65 bits per heavy atom. The first kappa shape index (κ1) is 22.0. The molecule has 1 aromatic carbocycles. The van der Waals surface area contributed by atoms with Crippen molar-refractivity contribution in [1.82, 2.24) is 24.7 Å². The summed E-state index contributed by atoms with van der Waals surface area (Å²) in [5, 5.41) is 0.835. The fourth-order valence-corrected chi connectivity index (χ4v) is 4.70. The van der Waals surface area contributed by atoms with Gasteiger partial charge < -0.3 is 14.7 Å². The van der Waals surface area contributed by atoms with E-state index in [0.29, 0.717) is 12.5 Å². The predicted octanol–water partition coefficient (Wildman–Crippen LogP) is 2.55. The first-order chi connectivity index (χ1) is 15.1. The maximum atomic E-state index is 12.7. The van der Waals surface area contributed by atoms with Crippen molar-refractivity contribution in [2.75, 3.05) is 63.8 Å². The molecule has 1 aromatic heterocycles. The van der Waals surface area contributed by atoms with Crippen LogP contribution in [0.3, 0.4) is 0 Å². The molecule has 0 bridgehead atoms. The van der Waals surface area contributed by atoms with Crippen LogP contribution in [0.2, 0.25) is 5.02 Å². The Bertz CT molecular complexity index is 850. The van der Waals surface area contributed by atoms with E-state index in [2.05, 4.69) is 37.7 Å². The minimum Gasteiger partial charge on any atom is -0.339 e. The van der Waals surface area contributed by atoms with Gasteiger partial charge >= 0.3 is 0 Å². The van der Waals surface area contributed by atoms with Crippen molar-refractivity contribution in [3.8, 4) is 0 Å². The summed E-state index contributed by atoms with van der Waals surface area (Å²) in [5.41, 5.74) is 1.19. The average Bonchev–Trinajstić information content (AvgIpc) is 2.83. The van der Waals surface area contributed by atoms with Gasteiger partial charge in [0.1, 0.15) is 0 Å². The Morgan fingerprint density at radius 3 is 2.32 bits per heavy atom. The van der Waals surface area contributed by atoms with Gasteiger partial charge in [0.15, 0.2) is 0 Å². The van der Waals surface area contributed by atoms with E-state index in [0.717, 1.165) is 69.9 Å². The van der Waals surface area contributed by atoms with Gasteiger partial charge in [-0.15, -0.1) is 0 Å². The molecule has 0 aliphatic carbocycles. The second-order valence-electron chi connectivity index (χ2n) is 8.24. The van der Waals surface area contributed by atoms with Crippen molar-refractivity contribution in [2.24, 2.45) is 0 Å². The molecule has 31 heavy (non-hydrogen) atoms. The predicted molar refractivity (Wildman–Crippen MR) is 123 cm³/mol. The average molecular weight is 443 g/mol. The van der Waals surface area contributed by atoms with Crippen LogP contribution < -0.4 is 4.90 Å². The number of hydrogen-bond donors (Lipinski definition) is 0. The van der Waals surface area contributed by atoms with Crippen LogP contribution in [-0.2, 0) is 4.79 Å². The molecular weight excluding hydrogens is 412 g/mol. The molecule has 7 nitrogen and oxygen atoms in total. The quantitative estimate of drug-likeness (QED) is 0.685. The Kier molecular flexibility index (Phi) is 7.37. The van der Waals surface area contributed by atoms with Crippen LogP contribution in [0.25, 0.3) is 0 Å². The first-order valence-electron chi connectivity index (χ1n) is 11.1. The minimum atomic E-state index is 0.250. The van der Waals surface area contributed by atoms with E-state index in [1.165, 1.54) is 5.56 Å². The highest BCUT2D eigenvalue weighted by atomic mass is 35.5. The number of nitrogens with zero attached hydrogens (tertiary/aromatic N) is 6. The molecule has 0 saturated carbocycles. The molecule has 8 heteroatoms. The van der Waals surface area contributed by atoms with E-state index in [1.807, 2.05) is 29.2 Å². The fraction of sp³-hybridized carbons (Fsp3) is 0.522. The highest BCUT2D eigenvalue weighted by molar-refractivity contribution is 6.31. The van der Waals surface area contributed by atoms with Crippen molar-refractivity contribution in [2.45, 2.75) is 19.4 Å². The lowest BCUT2D eigenvalue weighted by molar-refractivity contribution is -0.132. The number of rotatable bonds is 6. The molecule has 2 aliphatic heterocycles. The maximum Gasteiger partial charge on any atom is 0.225 e. The van der Waals surface area contributed by atoms with Crippen molar-refractivity contribution in [3.63, 3.8) is 0 Å². The fourth-order valence-electron chi connectivity index (χ4n) is 4.41. The molecule has 3 heterocycles. The highest BCUT2D eigenvalue weighted by Gasteiger charge is 2.25. The van der Waals surface area contributed by atoms with Crippen molar-refractivity contribution in [1.29, 1.82) is 0 Å². The van der Waals surface area contributed by atoms with E-state index >= 15 is 0 Å². The van der Waals surface area contributed by atoms with Crippen LogP contribution in [0.5, 0.6) is 0 Å². The number of carbonyl (C=O) groups excluding carboxylic acids is 1. The summed E-state index contributed by atoms with van der Waals surface area (Å²) in [6.07, 6.45) is 4.10. The number of benzene rings is 1. The third-order valence-corrected chi connectivity index (χ3v) is 6.76. The molecule has 166 valence electrons. The van der Waals surface area contributed by atoms with Crippen molar-refractivity contribution >= 4 is 23.5 Å². The summed E-state index contributed by atoms with van der Waals surface area (Å²) >= 11 is 6.38. The molecule has 0 N–H and O–H groups in total. The number of carbonyl (C=O) groups is 1. The maximum absolute atomic E-state index is 12.7. The van der Waals surface area contributed by atoms with Gasteiger partial charge in [-0.3, -0.25) is 9.69 Å². The Hall–Kier alpha value is -2.22. The number of hydrogen-bond acceptors (Lipinski definition) is 6. The molecule has 0 spiro atoms. The van der Waals surface area contributed by atoms with Crippen molar-refractivity contribution in [3.05, 3.63) is 53.3 Å². The highest BCUT2D eigenvalue weighted by Crippen LogP contribution is 2.27. The van der Waals surface area contributed by atoms with Gasteiger partial charge in [-0.25, -0.2) is 9.97 Å². The van der Waals surface area contributed by atoms with E-state index in [1.54, 1.807) is 12.4 Å². The van der Waals surface area contributed by atoms with Gasteiger partial charge in [0.25, 0.3) is 0 Å². The van der Waals surface area contributed by atoms with Crippen LogP contribution in [0.4, 0.5) is 5.95 Å². The van der Waals surface area contributed by atoms with E-state index in [9.17, 15) is 4.79 Å². The van der Waals surface area contributed by atoms with Gasteiger partial charge in [0.2, 0.25) is 11.9 Å². The van der Waals surface area contributed by atoms with Crippen LogP contribution in [0, 0.1) is 0 Å². The van der Waals surface area contributed by atoms with Gasteiger partial charge in [-0.1, -0.05) is 29.8 Å². The molecule has 2 aromatic rings. The SMILES string of the molecule is CC(c1ccccc1Cl)N1CCN(CCC(=O)N2CCN(c3ncccn3)CC2)CC1. The Labute approximate surface area is 189 Å². The number of halogens is 1. The van der Waals surface area contributed by atoms with Crippen LogP contribution >= 0.6 is 11.6 Å². The zero-order valence-electron chi connectivity index (χ0n) is 18.2. The minimum absolute atomic E-state index is 0.250. The third kappa shape index (κ3) is 5.53. The number of piperazine rings is 2. The normalized spacial score (nSPS) is 19.4. The second kappa shape index (κ2) is 10.4. The molecule has 0 radical (unpaired) electrons. The molecule has 1 amide bonds. The van der Waals surface area contributed by atoms with Crippen LogP contribution in [0.15, 0.2) is 42.7 Å². The van der Waals surface area contributed by atoms with Gasteiger partial charge in [-0.2, -0.15) is 0 Å². The van der Waals surface area contributed by atoms with E-state index in [-0.39, 0.29) is 5.91 Å². The zero-order valence-corrected chi connectivity index (χ0v) is 18.9. The van der Waals surface area contributed by atoms with E-state index in [4.69, 9.17) is 11.6 Å². The van der Waals surface area contributed by atoms with Crippen LogP contribution in [-0.4, -0.2) is 89.5 Å². The van der Waals surface area contributed by atoms with E-state index < -0.39 is 0 Å². The van der Waals surface area contributed by atoms with Gasteiger partial charge in [-0.05, 0) is 24.6 Å². The summed E-state index contributed by atoms with van der Waals surface area (Å²) in [4.78, 5) is 30.3. The Balaban J connectivity index is 1.18. The molecular formula is C23H31ClN6O. The summed E-state index contributed by atoms with van der Waals surface area (Å²) in [5.74, 6) is 0.999. The number of aromatic nitrogens is 2. The molecule has 1 unspecified atom stereocenters. The summed E-state index contributed by atoms with van der Waals surface area (Å²) < 4.78 is 0. The van der Waals surface area contributed by atoms with Crippen LogP contribution in [0.1, 0.15) is 24.9 Å². The lowest BCUT2D eigenvalue weighted by Gasteiger charge is -2.39. The standard InChI is InChI=1S/C23H31ClN6O/c1-19(20-5-2-3-6-21(20)24)28-13-11-27(12-14-28)10-7-22(31)29-15-17-30(18-16-29)23-25-8-4-9-26-23/h2-6,8-9,19H,7,10-18H2,1H3. The molecule has 2 aliphatic rings. The lowest BCUT2D eigenvalue weighted by Crippen LogP contribution is -2.51. The largest absolute Gasteiger partial charge is 0.339 e. The van der Waals surface area contributed by atoms with Gasteiger partial charge in [0.05, 0.1) is 0 Å². The smallest absolute Gasteiger partial charge is 0.225 e. The molecule has 2 fully saturated rings. The topological polar surface area (TPSA) is 55.8 Å². The number of amides is 1. The monoisotopic (exact) mass is 442 g/mol. The lowest BCUT2D eigenvalue weighted by atomic mass is 10.1. The first-order valence-corrected chi connectivity index (χ1v) is 11.5. The molecule has 2 saturated heterocycles. The third-order valence-electron chi connectivity index (χ3n) is 6.42.